The van der Waals surface area contributed by atoms with Gasteiger partial charge in [-0.15, -0.1) is 0 Å². The number of methoxy groups -OCH3 is 1. The molecule has 0 saturated heterocycles. The molecule has 0 radical (unpaired) electrons. The topological polar surface area (TPSA) is 72.6 Å². The number of hydrogen-bond donors (Lipinski definition) is 1. The SMILES string of the molecule is COC(=O)CCCN(C)C(=O)CCCCCCN. The van der Waals surface area contributed by atoms with Gasteiger partial charge in [-0.05, 0) is 25.8 Å². The Bertz CT molecular complexity index is 244. The van der Waals surface area contributed by atoms with Crippen LogP contribution in [0.3, 0.4) is 0 Å². The van der Waals surface area contributed by atoms with Gasteiger partial charge in [0.1, 0.15) is 0 Å². The van der Waals surface area contributed by atoms with E-state index in [0.29, 0.717) is 25.8 Å². The Hall–Kier alpha value is -1.10. The third kappa shape index (κ3) is 8.98. The number of unbranched alkanes of at least 4 members (excludes halogenated alkanes) is 3. The van der Waals surface area contributed by atoms with Gasteiger partial charge in [0, 0.05) is 26.4 Å². The van der Waals surface area contributed by atoms with Gasteiger partial charge in [-0.3, -0.25) is 9.59 Å². The molecule has 5 nitrogen and oxygen atoms in total. The largest absolute Gasteiger partial charge is 0.469 e. The van der Waals surface area contributed by atoms with Gasteiger partial charge in [-0.1, -0.05) is 12.8 Å². The zero-order valence-corrected chi connectivity index (χ0v) is 11.6. The summed E-state index contributed by atoms with van der Waals surface area (Å²) in [6, 6.07) is 0. The summed E-state index contributed by atoms with van der Waals surface area (Å²) < 4.78 is 4.54. The second-order valence-corrected chi connectivity index (χ2v) is 4.45. The average Bonchev–Trinajstić information content (AvgIpc) is 2.37. The van der Waals surface area contributed by atoms with E-state index in [0.717, 1.165) is 32.2 Å². The Morgan fingerprint density at radius 2 is 1.72 bits per heavy atom. The molecular weight excluding hydrogens is 232 g/mol. The maximum atomic E-state index is 11.7. The maximum Gasteiger partial charge on any atom is 0.305 e. The molecular formula is C13H26N2O3. The third-order valence-corrected chi connectivity index (χ3v) is 2.87. The predicted octanol–water partition coefficient (Wildman–Crippen LogP) is 1.31. The molecule has 0 aliphatic carbocycles. The molecule has 2 N–H and O–H groups in total. The van der Waals surface area contributed by atoms with Crippen LogP contribution in [0.2, 0.25) is 0 Å². The van der Waals surface area contributed by atoms with Crippen LogP contribution in [-0.4, -0.2) is 44.0 Å². The predicted molar refractivity (Wildman–Crippen MR) is 71.0 cm³/mol. The number of carbonyl (C=O) groups excluding carboxylic acids is 2. The van der Waals surface area contributed by atoms with Crippen molar-refractivity contribution in [1.82, 2.24) is 4.90 Å². The van der Waals surface area contributed by atoms with E-state index in [2.05, 4.69) is 4.74 Å². The number of carbonyl (C=O) groups is 2. The van der Waals surface area contributed by atoms with Crippen molar-refractivity contribution in [2.75, 3.05) is 27.2 Å². The Morgan fingerprint density at radius 3 is 2.33 bits per heavy atom. The van der Waals surface area contributed by atoms with E-state index in [1.807, 2.05) is 0 Å². The first kappa shape index (κ1) is 16.9. The highest BCUT2D eigenvalue weighted by Crippen LogP contribution is 2.05. The molecule has 106 valence electrons. The molecule has 0 aliphatic rings. The molecule has 0 aliphatic heterocycles. The minimum Gasteiger partial charge on any atom is -0.469 e. The second kappa shape index (κ2) is 11.0. The number of nitrogens with zero attached hydrogens (tertiary/aromatic N) is 1. The summed E-state index contributed by atoms with van der Waals surface area (Å²) in [5.41, 5.74) is 5.40. The minimum absolute atomic E-state index is 0.146. The van der Waals surface area contributed by atoms with Crippen LogP contribution in [0.1, 0.15) is 44.9 Å². The quantitative estimate of drug-likeness (QED) is 0.473. The van der Waals surface area contributed by atoms with Gasteiger partial charge in [-0.2, -0.15) is 0 Å². The van der Waals surface area contributed by atoms with Gasteiger partial charge in [0.15, 0.2) is 0 Å². The molecule has 18 heavy (non-hydrogen) atoms. The van der Waals surface area contributed by atoms with Crippen LogP contribution in [0.4, 0.5) is 0 Å². The molecule has 0 atom stereocenters. The lowest BCUT2D eigenvalue weighted by atomic mass is 10.1. The highest BCUT2D eigenvalue weighted by atomic mass is 16.5. The van der Waals surface area contributed by atoms with Crippen molar-refractivity contribution in [3.63, 3.8) is 0 Å². The van der Waals surface area contributed by atoms with Crippen molar-refractivity contribution in [2.45, 2.75) is 44.9 Å². The van der Waals surface area contributed by atoms with Gasteiger partial charge >= 0.3 is 5.97 Å². The molecule has 5 heteroatoms. The van der Waals surface area contributed by atoms with Gasteiger partial charge in [0.05, 0.1) is 7.11 Å². The Kier molecular flexibility index (Phi) is 10.3. The fourth-order valence-electron chi connectivity index (χ4n) is 1.65. The van der Waals surface area contributed by atoms with E-state index in [4.69, 9.17) is 5.73 Å². The Labute approximate surface area is 110 Å². The Balaban J connectivity index is 3.54. The van der Waals surface area contributed by atoms with E-state index in [9.17, 15) is 9.59 Å². The molecule has 0 fully saturated rings. The summed E-state index contributed by atoms with van der Waals surface area (Å²) >= 11 is 0. The van der Waals surface area contributed by atoms with E-state index >= 15 is 0 Å². The lowest BCUT2D eigenvalue weighted by Crippen LogP contribution is -2.27. The maximum absolute atomic E-state index is 11.7. The van der Waals surface area contributed by atoms with Crippen LogP contribution in [0, 0.1) is 0 Å². The molecule has 0 spiro atoms. The fourth-order valence-corrected chi connectivity index (χ4v) is 1.65. The normalized spacial score (nSPS) is 10.2. The first-order valence-corrected chi connectivity index (χ1v) is 6.62. The van der Waals surface area contributed by atoms with Crippen molar-refractivity contribution >= 4 is 11.9 Å². The fraction of sp³-hybridized carbons (Fsp3) is 0.846. The first-order valence-electron chi connectivity index (χ1n) is 6.62. The van der Waals surface area contributed by atoms with Crippen LogP contribution >= 0.6 is 0 Å². The van der Waals surface area contributed by atoms with Gasteiger partial charge in [0.25, 0.3) is 0 Å². The summed E-state index contributed by atoms with van der Waals surface area (Å²) in [7, 11) is 3.15. The molecule has 1 amide bonds. The molecule has 0 aromatic carbocycles. The summed E-state index contributed by atoms with van der Waals surface area (Å²) in [5.74, 6) is -0.0785. The third-order valence-electron chi connectivity index (χ3n) is 2.87. The number of rotatable bonds is 10. The monoisotopic (exact) mass is 258 g/mol. The van der Waals surface area contributed by atoms with Crippen molar-refractivity contribution in [2.24, 2.45) is 5.73 Å². The molecule has 0 aromatic rings. The van der Waals surface area contributed by atoms with Crippen molar-refractivity contribution in [3.8, 4) is 0 Å². The molecule has 0 unspecified atom stereocenters. The smallest absolute Gasteiger partial charge is 0.305 e. The summed E-state index contributed by atoms with van der Waals surface area (Å²) in [6.07, 6.45) is 5.70. The highest BCUT2D eigenvalue weighted by molar-refractivity contribution is 5.75. The highest BCUT2D eigenvalue weighted by Gasteiger charge is 2.09. The van der Waals surface area contributed by atoms with Crippen LogP contribution in [0.15, 0.2) is 0 Å². The minimum atomic E-state index is -0.224. The average molecular weight is 258 g/mol. The summed E-state index contributed by atoms with van der Waals surface area (Å²) in [4.78, 5) is 24.3. The zero-order chi connectivity index (χ0) is 13.8. The van der Waals surface area contributed by atoms with Crippen molar-refractivity contribution < 1.29 is 14.3 Å². The lowest BCUT2D eigenvalue weighted by Gasteiger charge is -2.16. The zero-order valence-electron chi connectivity index (χ0n) is 11.6. The van der Waals surface area contributed by atoms with E-state index in [1.54, 1.807) is 11.9 Å². The number of ether oxygens (including phenoxy) is 1. The van der Waals surface area contributed by atoms with E-state index in [-0.39, 0.29) is 11.9 Å². The van der Waals surface area contributed by atoms with Gasteiger partial charge < -0.3 is 15.4 Å². The molecule has 0 saturated carbocycles. The standard InChI is InChI=1S/C13H26N2O3/c1-15(11-7-9-13(17)18-2)12(16)8-5-3-4-6-10-14/h3-11,14H2,1-2H3. The molecule has 0 aromatic heterocycles. The van der Waals surface area contributed by atoms with Gasteiger partial charge in [0.2, 0.25) is 5.91 Å². The summed E-state index contributed by atoms with van der Waals surface area (Å²) in [5, 5.41) is 0. The number of hydrogen-bond acceptors (Lipinski definition) is 4. The molecule has 0 bridgehead atoms. The van der Waals surface area contributed by atoms with Crippen LogP contribution in [0.25, 0.3) is 0 Å². The molecule has 0 rings (SSSR count). The van der Waals surface area contributed by atoms with Crippen molar-refractivity contribution in [3.05, 3.63) is 0 Å². The van der Waals surface area contributed by atoms with E-state index < -0.39 is 0 Å². The number of amides is 1. The van der Waals surface area contributed by atoms with Gasteiger partial charge in [-0.25, -0.2) is 0 Å². The van der Waals surface area contributed by atoms with Crippen LogP contribution in [0.5, 0.6) is 0 Å². The number of esters is 1. The number of nitrogens with two attached hydrogens (primary N) is 1. The van der Waals surface area contributed by atoms with Crippen LogP contribution < -0.4 is 5.73 Å². The Morgan fingerprint density at radius 1 is 1.06 bits per heavy atom. The second-order valence-electron chi connectivity index (χ2n) is 4.45. The lowest BCUT2D eigenvalue weighted by molar-refractivity contribution is -0.141. The van der Waals surface area contributed by atoms with E-state index in [1.165, 1.54) is 7.11 Å². The summed E-state index contributed by atoms with van der Waals surface area (Å²) in [6.45, 7) is 1.33. The first-order chi connectivity index (χ1) is 8.61. The van der Waals surface area contributed by atoms with Crippen molar-refractivity contribution in [1.29, 1.82) is 0 Å². The van der Waals surface area contributed by atoms with Crippen LogP contribution in [-0.2, 0) is 14.3 Å². The molecule has 0 heterocycles.